The molecule has 1 amide bonds. The number of hydrogen-bond donors (Lipinski definition) is 3. The van der Waals surface area contributed by atoms with Crippen LogP contribution in [0.5, 0.6) is 0 Å². The minimum Gasteiger partial charge on any atom is -0.349 e. The van der Waals surface area contributed by atoms with Crippen molar-refractivity contribution in [3.05, 3.63) is 48.3 Å². The highest BCUT2D eigenvalue weighted by Crippen LogP contribution is 2.10. The number of H-pyrrole nitrogens is 2. The molecule has 19 heavy (non-hydrogen) atoms. The zero-order valence-electron chi connectivity index (χ0n) is 10.2. The molecule has 96 valence electrons. The zero-order chi connectivity index (χ0) is 13.1. The van der Waals surface area contributed by atoms with Gasteiger partial charge in [-0.15, -0.1) is 0 Å². The zero-order valence-corrected chi connectivity index (χ0v) is 10.2. The lowest BCUT2D eigenvalue weighted by atomic mass is 10.3. The van der Waals surface area contributed by atoms with Crippen molar-refractivity contribution in [3.8, 4) is 0 Å². The van der Waals surface area contributed by atoms with E-state index in [1.165, 1.54) is 0 Å². The average molecular weight is 255 g/mol. The van der Waals surface area contributed by atoms with Gasteiger partial charge >= 0.3 is 0 Å². The Morgan fingerprint density at radius 2 is 2.21 bits per heavy atom. The van der Waals surface area contributed by atoms with Crippen molar-refractivity contribution < 1.29 is 4.79 Å². The van der Waals surface area contributed by atoms with E-state index in [-0.39, 0.29) is 5.91 Å². The fourth-order valence-corrected chi connectivity index (χ4v) is 1.89. The summed E-state index contributed by atoms with van der Waals surface area (Å²) in [5, 5.41) is 2.79. The number of carbonyl (C=O) groups excluding carboxylic acids is 1. The minimum absolute atomic E-state index is 0.207. The number of carbonyl (C=O) groups is 1. The summed E-state index contributed by atoms with van der Waals surface area (Å²) < 4.78 is 0. The Morgan fingerprint density at radius 1 is 1.32 bits per heavy atom. The van der Waals surface area contributed by atoms with Gasteiger partial charge in [0, 0.05) is 25.4 Å². The van der Waals surface area contributed by atoms with Gasteiger partial charge in [0.1, 0.15) is 5.82 Å². The standard InChI is InChI=1S/C13H13N5O/c19-13(12-14-7-8-15-12)16-6-5-11-17-9-3-1-2-4-10(9)18-11/h1-4,7-8H,5-6H2,(H,14,15)(H,16,19)(H,17,18). The van der Waals surface area contributed by atoms with Gasteiger partial charge in [-0.25, -0.2) is 9.97 Å². The number of nitrogens with zero attached hydrogens (tertiary/aromatic N) is 2. The van der Waals surface area contributed by atoms with Crippen LogP contribution in [0.15, 0.2) is 36.7 Å². The van der Waals surface area contributed by atoms with Gasteiger partial charge in [-0.2, -0.15) is 0 Å². The molecule has 0 bridgehead atoms. The molecule has 6 heteroatoms. The number of fused-ring (bicyclic) bond motifs is 1. The highest BCUT2D eigenvalue weighted by Gasteiger charge is 2.07. The number of rotatable bonds is 4. The van der Waals surface area contributed by atoms with Crippen LogP contribution in [0, 0.1) is 0 Å². The molecule has 0 atom stereocenters. The van der Waals surface area contributed by atoms with Crippen molar-refractivity contribution in [2.24, 2.45) is 0 Å². The molecular formula is C13H13N5O. The Bertz CT molecular complexity index is 653. The molecule has 0 unspecified atom stereocenters. The Labute approximate surface area is 109 Å². The quantitative estimate of drug-likeness (QED) is 0.656. The normalized spacial score (nSPS) is 10.7. The largest absolute Gasteiger partial charge is 0.349 e. The number of benzene rings is 1. The average Bonchev–Trinajstić information content (AvgIpc) is 3.07. The number of amides is 1. The molecule has 3 aromatic rings. The van der Waals surface area contributed by atoms with Crippen molar-refractivity contribution in [1.82, 2.24) is 25.3 Å². The molecule has 2 heterocycles. The maximum Gasteiger partial charge on any atom is 0.287 e. The number of nitrogens with one attached hydrogen (secondary N) is 3. The summed E-state index contributed by atoms with van der Waals surface area (Å²) in [7, 11) is 0. The molecule has 0 aliphatic carbocycles. The molecule has 0 aliphatic rings. The second-order valence-electron chi connectivity index (χ2n) is 4.14. The Kier molecular flexibility index (Phi) is 2.97. The Balaban J connectivity index is 1.59. The predicted octanol–water partition coefficient (Wildman–Crippen LogP) is 1.26. The van der Waals surface area contributed by atoms with Gasteiger partial charge in [0.25, 0.3) is 5.91 Å². The van der Waals surface area contributed by atoms with Crippen LogP contribution in [0.1, 0.15) is 16.4 Å². The Morgan fingerprint density at radius 3 is 3.00 bits per heavy atom. The fraction of sp³-hybridized carbons (Fsp3) is 0.154. The van der Waals surface area contributed by atoms with E-state index in [0.29, 0.717) is 18.8 Å². The van der Waals surface area contributed by atoms with Crippen LogP contribution in [0.2, 0.25) is 0 Å². The molecule has 0 spiro atoms. The van der Waals surface area contributed by atoms with Gasteiger partial charge in [0.05, 0.1) is 11.0 Å². The molecule has 3 rings (SSSR count). The first-order valence-corrected chi connectivity index (χ1v) is 6.04. The van der Waals surface area contributed by atoms with E-state index in [0.717, 1.165) is 16.9 Å². The molecule has 0 saturated heterocycles. The molecule has 3 N–H and O–H groups in total. The van der Waals surface area contributed by atoms with Crippen LogP contribution in [-0.4, -0.2) is 32.4 Å². The van der Waals surface area contributed by atoms with E-state index >= 15 is 0 Å². The van der Waals surface area contributed by atoms with E-state index in [1.807, 2.05) is 24.3 Å². The van der Waals surface area contributed by atoms with Crippen LogP contribution in [0.4, 0.5) is 0 Å². The second kappa shape index (κ2) is 4.93. The molecule has 0 fully saturated rings. The van der Waals surface area contributed by atoms with Gasteiger partial charge in [0.15, 0.2) is 5.82 Å². The first-order valence-electron chi connectivity index (χ1n) is 6.04. The maximum atomic E-state index is 11.6. The van der Waals surface area contributed by atoms with Crippen molar-refractivity contribution in [2.75, 3.05) is 6.54 Å². The molecule has 6 nitrogen and oxygen atoms in total. The van der Waals surface area contributed by atoms with Gasteiger partial charge in [-0.1, -0.05) is 12.1 Å². The van der Waals surface area contributed by atoms with Gasteiger partial charge in [-0.3, -0.25) is 4.79 Å². The van der Waals surface area contributed by atoms with E-state index < -0.39 is 0 Å². The number of aromatic nitrogens is 4. The lowest BCUT2D eigenvalue weighted by Crippen LogP contribution is -2.26. The second-order valence-corrected chi connectivity index (χ2v) is 4.14. The SMILES string of the molecule is O=C(NCCc1nc2ccccc2[nH]1)c1ncc[nH]1. The highest BCUT2D eigenvalue weighted by atomic mass is 16.2. The third-order valence-electron chi connectivity index (χ3n) is 2.80. The topological polar surface area (TPSA) is 86.5 Å². The number of aromatic amines is 2. The van der Waals surface area contributed by atoms with Crippen LogP contribution < -0.4 is 5.32 Å². The number of hydrogen-bond acceptors (Lipinski definition) is 3. The van der Waals surface area contributed by atoms with Crippen LogP contribution in [0.3, 0.4) is 0 Å². The fourth-order valence-electron chi connectivity index (χ4n) is 1.89. The predicted molar refractivity (Wildman–Crippen MR) is 70.7 cm³/mol. The van der Waals surface area contributed by atoms with Crippen molar-refractivity contribution in [1.29, 1.82) is 0 Å². The third-order valence-corrected chi connectivity index (χ3v) is 2.80. The summed E-state index contributed by atoms with van der Waals surface area (Å²) in [6.45, 7) is 0.513. The summed E-state index contributed by atoms with van der Waals surface area (Å²) in [5.74, 6) is 0.978. The summed E-state index contributed by atoms with van der Waals surface area (Å²) in [6, 6.07) is 7.85. The smallest absolute Gasteiger partial charge is 0.287 e. The van der Waals surface area contributed by atoms with E-state index in [1.54, 1.807) is 12.4 Å². The molecule has 1 aromatic carbocycles. The summed E-state index contributed by atoms with van der Waals surface area (Å²) in [5.41, 5.74) is 1.95. The lowest BCUT2D eigenvalue weighted by Gasteiger charge is -2.00. The van der Waals surface area contributed by atoms with E-state index in [4.69, 9.17) is 0 Å². The minimum atomic E-state index is -0.207. The van der Waals surface area contributed by atoms with E-state index in [2.05, 4.69) is 25.3 Å². The molecular weight excluding hydrogens is 242 g/mol. The molecule has 0 saturated carbocycles. The lowest BCUT2D eigenvalue weighted by molar-refractivity contribution is 0.0944. The van der Waals surface area contributed by atoms with Crippen molar-refractivity contribution in [2.45, 2.75) is 6.42 Å². The number of para-hydroxylation sites is 2. The summed E-state index contributed by atoms with van der Waals surface area (Å²) >= 11 is 0. The monoisotopic (exact) mass is 255 g/mol. The molecule has 0 radical (unpaired) electrons. The molecule has 2 aromatic heterocycles. The highest BCUT2D eigenvalue weighted by molar-refractivity contribution is 5.90. The first-order chi connectivity index (χ1) is 9.33. The maximum absolute atomic E-state index is 11.6. The Hall–Kier alpha value is -2.63. The third kappa shape index (κ3) is 2.47. The van der Waals surface area contributed by atoms with Crippen molar-refractivity contribution >= 4 is 16.9 Å². The summed E-state index contributed by atoms with van der Waals surface area (Å²) in [4.78, 5) is 25.9. The van der Waals surface area contributed by atoms with Gasteiger partial charge in [-0.05, 0) is 12.1 Å². The van der Waals surface area contributed by atoms with Crippen LogP contribution >= 0.6 is 0 Å². The van der Waals surface area contributed by atoms with Crippen LogP contribution in [-0.2, 0) is 6.42 Å². The summed E-state index contributed by atoms with van der Waals surface area (Å²) in [6.07, 6.45) is 3.82. The number of imidazole rings is 2. The van der Waals surface area contributed by atoms with Crippen LogP contribution in [0.25, 0.3) is 11.0 Å². The van der Waals surface area contributed by atoms with Gasteiger partial charge < -0.3 is 15.3 Å². The first kappa shape index (κ1) is 11.5. The molecule has 0 aliphatic heterocycles. The van der Waals surface area contributed by atoms with E-state index in [9.17, 15) is 4.79 Å². The van der Waals surface area contributed by atoms with Gasteiger partial charge in [0.2, 0.25) is 0 Å². The van der Waals surface area contributed by atoms with Crippen molar-refractivity contribution in [3.63, 3.8) is 0 Å².